The Labute approximate surface area is 232 Å². The van der Waals surface area contributed by atoms with E-state index in [-0.39, 0.29) is 28.1 Å². The van der Waals surface area contributed by atoms with Gasteiger partial charge in [-0.15, -0.1) is 0 Å². The highest BCUT2D eigenvalue weighted by molar-refractivity contribution is 6.18. The van der Waals surface area contributed by atoms with E-state index in [1.807, 2.05) is 19.9 Å². The summed E-state index contributed by atoms with van der Waals surface area (Å²) >= 11 is 0. The number of rotatable bonds is 7. The molecule has 41 heavy (non-hydrogen) atoms. The van der Waals surface area contributed by atoms with E-state index in [4.69, 9.17) is 0 Å². The molecule has 0 bridgehead atoms. The summed E-state index contributed by atoms with van der Waals surface area (Å²) in [6.45, 7) is 3.18. The van der Waals surface area contributed by atoms with E-state index in [9.17, 15) is 37.0 Å². The number of aliphatic hydroxyl groups is 1. The molecule has 2 N–H and O–H groups in total. The van der Waals surface area contributed by atoms with Crippen molar-refractivity contribution in [2.75, 3.05) is 6.61 Å². The number of nitrogens with zero attached hydrogens (tertiary/aromatic N) is 2. The zero-order valence-corrected chi connectivity index (χ0v) is 22.5. The number of benzene rings is 3. The van der Waals surface area contributed by atoms with E-state index in [0.717, 1.165) is 34.9 Å². The second-order valence-corrected chi connectivity index (χ2v) is 10.5. The predicted octanol–water partition coefficient (Wildman–Crippen LogP) is 7.59. The molecule has 4 aromatic rings. The fourth-order valence-electron chi connectivity index (χ4n) is 5.66. The number of aliphatic hydroxyl groups excluding tert-OH is 1. The Kier molecular flexibility index (Phi) is 7.23. The molecule has 214 valence electrons. The Balaban J connectivity index is 1.79. The number of ketones is 1. The molecule has 10 heteroatoms. The maximum absolute atomic E-state index is 14.5. The van der Waals surface area contributed by atoms with Crippen LogP contribution in [0.15, 0.2) is 47.6 Å². The first-order chi connectivity index (χ1) is 19.4. The Morgan fingerprint density at radius 3 is 2.44 bits per heavy atom. The minimum absolute atomic E-state index is 0.133. The van der Waals surface area contributed by atoms with Crippen molar-refractivity contribution in [3.8, 4) is 16.9 Å². The highest BCUT2D eigenvalue weighted by atomic mass is 19.3. The van der Waals surface area contributed by atoms with E-state index >= 15 is 0 Å². The van der Waals surface area contributed by atoms with Gasteiger partial charge in [-0.05, 0) is 55.9 Å². The van der Waals surface area contributed by atoms with Crippen LogP contribution in [0.2, 0.25) is 0 Å². The van der Waals surface area contributed by atoms with E-state index in [1.54, 1.807) is 19.1 Å². The van der Waals surface area contributed by atoms with Crippen molar-refractivity contribution in [3.05, 3.63) is 82.3 Å². The highest BCUT2D eigenvalue weighted by Gasteiger charge is 2.32. The van der Waals surface area contributed by atoms with Gasteiger partial charge >= 0.3 is 0 Å². The fourth-order valence-corrected chi connectivity index (χ4v) is 5.66. The molecular formula is C31H27F5N2O3. The number of fused-ring (bicyclic) bond motifs is 2. The molecule has 1 aromatic heterocycles. The number of carbonyl (C=O) groups excluding carboxylic acids is 1. The minimum atomic E-state index is -3.59. The van der Waals surface area contributed by atoms with Crippen molar-refractivity contribution in [1.29, 1.82) is 0 Å². The fraction of sp³-hybridized carbons (Fsp3) is 0.290. The molecule has 3 aromatic carbocycles. The molecule has 0 unspecified atom stereocenters. The van der Waals surface area contributed by atoms with Gasteiger partial charge in [0, 0.05) is 39.5 Å². The molecule has 1 atom stereocenters. The van der Waals surface area contributed by atoms with Crippen LogP contribution in [0.3, 0.4) is 0 Å². The van der Waals surface area contributed by atoms with Gasteiger partial charge in [-0.2, -0.15) is 0 Å². The van der Waals surface area contributed by atoms with Crippen LogP contribution in [0.5, 0.6) is 5.75 Å². The third-order valence-corrected chi connectivity index (χ3v) is 7.57. The summed E-state index contributed by atoms with van der Waals surface area (Å²) < 4.78 is 71.6. The molecule has 5 rings (SSSR count). The zero-order chi connectivity index (χ0) is 29.8. The maximum atomic E-state index is 14.5. The molecule has 2 heterocycles. The molecule has 0 spiro atoms. The first-order valence-electron chi connectivity index (χ1n) is 13.1. The smallest absolute Gasteiger partial charge is 0.288 e. The second-order valence-electron chi connectivity index (χ2n) is 10.5. The second kappa shape index (κ2) is 10.4. The molecule has 0 saturated carbocycles. The molecule has 1 aliphatic rings. The van der Waals surface area contributed by atoms with Gasteiger partial charge in [-0.3, -0.25) is 9.79 Å². The van der Waals surface area contributed by atoms with Crippen molar-refractivity contribution in [3.63, 3.8) is 0 Å². The summed E-state index contributed by atoms with van der Waals surface area (Å²) in [5.41, 5.74) is 2.86. The van der Waals surface area contributed by atoms with E-state index in [1.165, 1.54) is 6.07 Å². The monoisotopic (exact) mass is 570 g/mol. The number of aromatic nitrogens is 1. The van der Waals surface area contributed by atoms with Crippen molar-refractivity contribution in [2.24, 2.45) is 4.99 Å². The third kappa shape index (κ3) is 4.90. The summed E-state index contributed by atoms with van der Waals surface area (Å²) in [6.07, 6.45) is 2.68. The van der Waals surface area contributed by atoms with Crippen LogP contribution in [-0.4, -0.2) is 38.8 Å². The first-order valence-corrected chi connectivity index (χ1v) is 13.1. The SMILES string of the molecule is CC[C@H]1CC(C)=Nc2c1cc(C)c(-c1cccc3c(C(=O)c4cc(F)c(F)c(F)c4)cn(CC(F)(F)CO)c13)c2O. The third-order valence-electron chi connectivity index (χ3n) is 7.57. The first kappa shape index (κ1) is 28.5. The van der Waals surface area contributed by atoms with E-state index < -0.39 is 47.9 Å². The number of alkyl halides is 2. The summed E-state index contributed by atoms with van der Waals surface area (Å²) in [5, 5.41) is 21.0. The number of hydrogen-bond acceptors (Lipinski definition) is 4. The lowest BCUT2D eigenvalue weighted by atomic mass is 9.84. The predicted molar refractivity (Wildman–Crippen MR) is 146 cm³/mol. The molecule has 5 nitrogen and oxygen atoms in total. The molecule has 0 amide bonds. The molecular weight excluding hydrogens is 543 g/mol. The average molecular weight is 571 g/mol. The quantitative estimate of drug-likeness (QED) is 0.137. The van der Waals surface area contributed by atoms with Crippen molar-refractivity contribution >= 4 is 28.1 Å². The minimum Gasteiger partial charge on any atom is -0.505 e. The highest BCUT2D eigenvalue weighted by Crippen LogP contribution is 2.49. The topological polar surface area (TPSA) is 74.8 Å². The summed E-state index contributed by atoms with van der Waals surface area (Å²) in [4.78, 5) is 18.0. The van der Waals surface area contributed by atoms with Crippen molar-refractivity contribution in [2.45, 2.75) is 52.0 Å². The number of phenolic OH excluding ortho intramolecular Hbond substituents is 1. The normalized spacial score (nSPS) is 15.2. The maximum Gasteiger partial charge on any atom is 0.288 e. The number of phenols is 1. The van der Waals surface area contributed by atoms with Crippen LogP contribution >= 0.6 is 0 Å². The number of para-hydroxylation sites is 1. The van der Waals surface area contributed by atoms with Crippen LogP contribution in [0.1, 0.15) is 59.7 Å². The average Bonchev–Trinajstić information content (AvgIpc) is 3.29. The van der Waals surface area contributed by atoms with Gasteiger partial charge in [0.25, 0.3) is 5.92 Å². The Morgan fingerprint density at radius 1 is 1.12 bits per heavy atom. The van der Waals surface area contributed by atoms with Gasteiger partial charge in [-0.25, -0.2) is 22.0 Å². The number of aryl methyl sites for hydroxylation is 1. The van der Waals surface area contributed by atoms with Crippen LogP contribution in [0.25, 0.3) is 22.0 Å². The lowest BCUT2D eigenvalue weighted by Gasteiger charge is -2.26. The Bertz CT molecular complexity index is 1720. The number of hydrogen-bond donors (Lipinski definition) is 2. The molecule has 0 fully saturated rings. The summed E-state index contributed by atoms with van der Waals surface area (Å²) in [7, 11) is 0. The summed E-state index contributed by atoms with van der Waals surface area (Å²) in [6, 6.07) is 7.65. The van der Waals surface area contributed by atoms with Gasteiger partial charge in [0.1, 0.15) is 18.0 Å². The lowest BCUT2D eigenvalue weighted by Crippen LogP contribution is -2.27. The number of aliphatic imine (C=N–C) groups is 1. The van der Waals surface area contributed by atoms with Gasteiger partial charge < -0.3 is 14.8 Å². The molecule has 0 radical (unpaired) electrons. The van der Waals surface area contributed by atoms with Crippen LogP contribution < -0.4 is 0 Å². The Morgan fingerprint density at radius 2 is 1.80 bits per heavy atom. The van der Waals surface area contributed by atoms with Crippen molar-refractivity contribution in [1.82, 2.24) is 4.57 Å². The Hall–Kier alpha value is -4.05. The number of halogens is 5. The molecule has 0 saturated heterocycles. The van der Waals surface area contributed by atoms with E-state index in [0.29, 0.717) is 34.5 Å². The lowest BCUT2D eigenvalue weighted by molar-refractivity contribution is -0.0620. The van der Waals surface area contributed by atoms with Gasteiger partial charge in [0.05, 0.1) is 12.1 Å². The molecule has 0 aliphatic carbocycles. The zero-order valence-electron chi connectivity index (χ0n) is 22.5. The molecule has 1 aliphatic heterocycles. The standard InChI is InChI=1S/C31H27F5N2O3/c1-4-17-9-16(3)37-27-21(17)8-15(2)25(30(27)41)20-7-5-6-19-22(12-38(28(19)20)13-31(35,36)14-39)29(40)18-10-23(32)26(34)24(33)11-18/h5-8,10-12,17,39,41H,4,9,13-14H2,1-3H3/t17-/m0/s1. The van der Waals surface area contributed by atoms with Gasteiger partial charge in [-0.1, -0.05) is 31.2 Å². The summed E-state index contributed by atoms with van der Waals surface area (Å²) in [5.74, 6) is -9.38. The number of carbonyl (C=O) groups is 1. The van der Waals surface area contributed by atoms with Crippen LogP contribution in [-0.2, 0) is 6.54 Å². The van der Waals surface area contributed by atoms with E-state index in [2.05, 4.69) is 4.99 Å². The largest absolute Gasteiger partial charge is 0.505 e. The number of aromatic hydroxyl groups is 1. The van der Waals surface area contributed by atoms with Crippen molar-refractivity contribution < 1.29 is 37.0 Å². The van der Waals surface area contributed by atoms with Crippen LogP contribution in [0, 0.1) is 24.4 Å². The van der Waals surface area contributed by atoms with Gasteiger partial charge in [0.15, 0.2) is 23.2 Å². The van der Waals surface area contributed by atoms with Crippen LogP contribution in [0.4, 0.5) is 27.6 Å². The van der Waals surface area contributed by atoms with Gasteiger partial charge in [0.2, 0.25) is 0 Å².